The number of carbonyl (C=O) groups is 1. The molecule has 0 spiro atoms. The Morgan fingerprint density at radius 1 is 1.62 bits per heavy atom. The molecule has 88 valence electrons. The van der Waals surface area contributed by atoms with Crippen LogP contribution < -0.4 is 0 Å². The molecule has 0 bridgehead atoms. The molecule has 1 fully saturated rings. The fourth-order valence-corrected chi connectivity index (χ4v) is 2.10. The van der Waals surface area contributed by atoms with E-state index < -0.39 is 0 Å². The van der Waals surface area contributed by atoms with Crippen LogP contribution in [-0.2, 0) is 22.5 Å². The van der Waals surface area contributed by atoms with Crippen LogP contribution in [-0.4, -0.2) is 27.5 Å². The molecule has 0 saturated carbocycles. The number of rotatable bonds is 4. The molecule has 4 heteroatoms. The molecule has 1 aliphatic heterocycles. The first-order valence-corrected chi connectivity index (χ1v) is 5.89. The summed E-state index contributed by atoms with van der Waals surface area (Å²) in [5, 5.41) is 0. The van der Waals surface area contributed by atoms with E-state index in [1.54, 1.807) is 6.20 Å². The van der Waals surface area contributed by atoms with E-state index in [-0.39, 0.29) is 18.0 Å². The van der Waals surface area contributed by atoms with Crippen LogP contribution >= 0.6 is 0 Å². The van der Waals surface area contributed by atoms with Gasteiger partial charge in [-0.15, -0.1) is 0 Å². The molecule has 0 aliphatic carbocycles. The highest BCUT2D eigenvalue weighted by Crippen LogP contribution is 2.20. The summed E-state index contributed by atoms with van der Waals surface area (Å²) >= 11 is 0. The van der Waals surface area contributed by atoms with Crippen molar-refractivity contribution in [3.63, 3.8) is 0 Å². The van der Waals surface area contributed by atoms with Gasteiger partial charge in [0, 0.05) is 18.9 Å². The molecular formula is C12H18N2O2. The maximum Gasteiger partial charge on any atom is 0.169 e. The van der Waals surface area contributed by atoms with Gasteiger partial charge in [-0.1, -0.05) is 0 Å². The SMILES string of the molecule is CCn1ccnc1CC(=O)C1CCC(C)O1. The minimum Gasteiger partial charge on any atom is -0.367 e. The van der Waals surface area contributed by atoms with Crippen LogP contribution in [0.1, 0.15) is 32.5 Å². The number of Topliss-reactive ketones (excluding diaryl/α,β-unsaturated/α-hetero) is 1. The third-order valence-electron chi connectivity index (χ3n) is 3.07. The molecule has 2 rings (SSSR count). The summed E-state index contributed by atoms with van der Waals surface area (Å²) in [5.74, 6) is 1.00. The maximum absolute atomic E-state index is 11.9. The number of hydrogen-bond acceptors (Lipinski definition) is 3. The van der Waals surface area contributed by atoms with Gasteiger partial charge in [-0.3, -0.25) is 4.79 Å². The van der Waals surface area contributed by atoms with Crippen LogP contribution in [0.4, 0.5) is 0 Å². The van der Waals surface area contributed by atoms with Crippen molar-refractivity contribution >= 4 is 5.78 Å². The second kappa shape index (κ2) is 4.78. The Hall–Kier alpha value is -1.16. The number of nitrogens with zero attached hydrogens (tertiary/aromatic N) is 2. The molecule has 0 radical (unpaired) electrons. The number of carbonyl (C=O) groups excluding carboxylic acids is 1. The molecule has 4 nitrogen and oxygen atoms in total. The van der Waals surface area contributed by atoms with Gasteiger partial charge in [0.25, 0.3) is 0 Å². The van der Waals surface area contributed by atoms with Crippen LogP contribution in [0.15, 0.2) is 12.4 Å². The number of ketones is 1. The number of hydrogen-bond donors (Lipinski definition) is 0. The topological polar surface area (TPSA) is 44.1 Å². The highest BCUT2D eigenvalue weighted by molar-refractivity contribution is 5.84. The van der Waals surface area contributed by atoms with Gasteiger partial charge in [0.15, 0.2) is 5.78 Å². The summed E-state index contributed by atoms with van der Waals surface area (Å²) in [5.41, 5.74) is 0. The fraction of sp³-hybridized carbons (Fsp3) is 0.667. The highest BCUT2D eigenvalue weighted by Gasteiger charge is 2.28. The average molecular weight is 222 g/mol. The van der Waals surface area contributed by atoms with Gasteiger partial charge < -0.3 is 9.30 Å². The molecule has 2 heterocycles. The Morgan fingerprint density at radius 2 is 2.44 bits per heavy atom. The van der Waals surface area contributed by atoms with Crippen LogP contribution in [0.25, 0.3) is 0 Å². The first-order chi connectivity index (χ1) is 7.70. The van der Waals surface area contributed by atoms with Crippen molar-refractivity contribution in [2.75, 3.05) is 0 Å². The van der Waals surface area contributed by atoms with E-state index in [9.17, 15) is 4.79 Å². The van der Waals surface area contributed by atoms with Gasteiger partial charge in [-0.05, 0) is 26.7 Å². The monoisotopic (exact) mass is 222 g/mol. The van der Waals surface area contributed by atoms with Crippen molar-refractivity contribution < 1.29 is 9.53 Å². The van der Waals surface area contributed by atoms with E-state index >= 15 is 0 Å². The quantitative estimate of drug-likeness (QED) is 0.777. The second-order valence-corrected chi connectivity index (χ2v) is 4.29. The van der Waals surface area contributed by atoms with Crippen molar-refractivity contribution in [3.8, 4) is 0 Å². The average Bonchev–Trinajstić information content (AvgIpc) is 2.86. The predicted molar refractivity (Wildman–Crippen MR) is 60.2 cm³/mol. The van der Waals surface area contributed by atoms with E-state index in [2.05, 4.69) is 4.98 Å². The molecule has 0 N–H and O–H groups in total. The van der Waals surface area contributed by atoms with E-state index in [1.807, 2.05) is 24.6 Å². The van der Waals surface area contributed by atoms with Crippen molar-refractivity contribution in [2.45, 2.75) is 51.9 Å². The van der Waals surface area contributed by atoms with Crippen molar-refractivity contribution in [2.24, 2.45) is 0 Å². The van der Waals surface area contributed by atoms with Crippen molar-refractivity contribution in [3.05, 3.63) is 18.2 Å². The summed E-state index contributed by atoms with van der Waals surface area (Å²) in [6, 6.07) is 0. The van der Waals surface area contributed by atoms with Gasteiger partial charge in [0.1, 0.15) is 11.9 Å². The summed E-state index contributed by atoms with van der Waals surface area (Å²) in [6.45, 7) is 4.91. The molecule has 2 unspecified atom stereocenters. The molecule has 1 aromatic rings. The summed E-state index contributed by atoms with van der Waals surface area (Å²) in [4.78, 5) is 16.2. The van der Waals surface area contributed by atoms with Crippen molar-refractivity contribution in [1.29, 1.82) is 0 Å². The number of ether oxygens (including phenoxy) is 1. The maximum atomic E-state index is 11.9. The van der Waals surface area contributed by atoms with Gasteiger partial charge in [0.2, 0.25) is 0 Å². The van der Waals surface area contributed by atoms with E-state index in [1.165, 1.54) is 0 Å². The van der Waals surface area contributed by atoms with E-state index in [4.69, 9.17) is 4.74 Å². The van der Waals surface area contributed by atoms with Gasteiger partial charge in [0.05, 0.1) is 12.5 Å². The first kappa shape index (κ1) is 11.3. The second-order valence-electron chi connectivity index (χ2n) is 4.29. The summed E-state index contributed by atoms with van der Waals surface area (Å²) < 4.78 is 7.56. The molecular weight excluding hydrogens is 204 g/mol. The number of imidazole rings is 1. The number of aromatic nitrogens is 2. The standard InChI is InChI=1S/C12H18N2O2/c1-3-14-7-6-13-12(14)8-10(15)11-5-4-9(2)16-11/h6-7,9,11H,3-5,8H2,1-2H3. The smallest absolute Gasteiger partial charge is 0.169 e. The molecule has 1 aromatic heterocycles. The largest absolute Gasteiger partial charge is 0.367 e. The Labute approximate surface area is 95.6 Å². The highest BCUT2D eigenvalue weighted by atomic mass is 16.5. The molecule has 1 aliphatic rings. The molecule has 0 aromatic carbocycles. The molecule has 16 heavy (non-hydrogen) atoms. The molecule has 2 atom stereocenters. The zero-order valence-electron chi connectivity index (χ0n) is 9.85. The predicted octanol–water partition coefficient (Wildman–Crippen LogP) is 1.58. The minimum absolute atomic E-state index is 0.158. The zero-order valence-corrected chi connectivity index (χ0v) is 9.85. The lowest BCUT2D eigenvalue weighted by Crippen LogP contribution is -2.24. The zero-order chi connectivity index (χ0) is 11.5. The lowest BCUT2D eigenvalue weighted by Gasteiger charge is -2.10. The Balaban J connectivity index is 1.97. The van der Waals surface area contributed by atoms with E-state index in [0.29, 0.717) is 6.42 Å². The molecule has 0 amide bonds. The van der Waals surface area contributed by atoms with Gasteiger partial charge in [-0.25, -0.2) is 4.98 Å². The lowest BCUT2D eigenvalue weighted by molar-refractivity contribution is -0.128. The molecule has 1 saturated heterocycles. The third kappa shape index (κ3) is 2.32. The Bertz CT molecular complexity index is 373. The fourth-order valence-electron chi connectivity index (χ4n) is 2.10. The van der Waals surface area contributed by atoms with E-state index in [0.717, 1.165) is 25.2 Å². The minimum atomic E-state index is -0.211. The van der Waals surface area contributed by atoms with Crippen molar-refractivity contribution in [1.82, 2.24) is 9.55 Å². The van der Waals surface area contributed by atoms with Crippen LogP contribution in [0.2, 0.25) is 0 Å². The van der Waals surface area contributed by atoms with Gasteiger partial charge in [-0.2, -0.15) is 0 Å². The van der Waals surface area contributed by atoms with Crippen LogP contribution in [0.5, 0.6) is 0 Å². The normalized spacial score (nSPS) is 24.9. The Kier molecular flexibility index (Phi) is 3.39. The number of aryl methyl sites for hydroxylation is 1. The summed E-state index contributed by atoms with van der Waals surface area (Å²) in [7, 11) is 0. The summed E-state index contributed by atoms with van der Waals surface area (Å²) in [6.07, 6.45) is 5.88. The Morgan fingerprint density at radius 3 is 3.06 bits per heavy atom. The van der Waals surface area contributed by atoms with Gasteiger partial charge >= 0.3 is 0 Å². The van der Waals surface area contributed by atoms with Crippen LogP contribution in [0, 0.1) is 0 Å². The van der Waals surface area contributed by atoms with Crippen LogP contribution in [0.3, 0.4) is 0 Å². The lowest BCUT2D eigenvalue weighted by atomic mass is 10.1. The third-order valence-corrected chi connectivity index (χ3v) is 3.07. The first-order valence-electron chi connectivity index (χ1n) is 5.89.